The zero-order chi connectivity index (χ0) is 17.4. The molecule has 134 valence electrons. The molecular weight excluding hydrogens is 300 g/mol. The highest BCUT2D eigenvalue weighted by atomic mass is 16.5. The van der Waals surface area contributed by atoms with Gasteiger partial charge in [-0.05, 0) is 25.0 Å². The quantitative estimate of drug-likeness (QED) is 0.595. The van der Waals surface area contributed by atoms with Crippen molar-refractivity contribution in [2.75, 3.05) is 38.2 Å². The SMILES string of the molecule is CCC(CC)C(CN=C(N)Nc1ccc(C)cc1)N1CCOCC1. The third-order valence-electron chi connectivity index (χ3n) is 4.88. The lowest BCUT2D eigenvalue weighted by Crippen LogP contribution is -2.48. The molecule has 1 saturated heterocycles. The Morgan fingerprint density at radius 2 is 1.83 bits per heavy atom. The van der Waals surface area contributed by atoms with Crippen LogP contribution in [0.4, 0.5) is 5.69 Å². The summed E-state index contributed by atoms with van der Waals surface area (Å²) in [5, 5.41) is 3.19. The summed E-state index contributed by atoms with van der Waals surface area (Å²) >= 11 is 0. The van der Waals surface area contributed by atoms with Crippen LogP contribution >= 0.6 is 0 Å². The summed E-state index contributed by atoms with van der Waals surface area (Å²) < 4.78 is 5.50. The van der Waals surface area contributed by atoms with Gasteiger partial charge in [0.2, 0.25) is 0 Å². The molecule has 1 atom stereocenters. The Balaban J connectivity index is 2.00. The highest BCUT2D eigenvalue weighted by Gasteiger charge is 2.26. The molecule has 0 aromatic heterocycles. The first-order chi connectivity index (χ1) is 11.6. The van der Waals surface area contributed by atoms with E-state index < -0.39 is 0 Å². The number of guanidine groups is 1. The smallest absolute Gasteiger partial charge is 0.193 e. The minimum atomic E-state index is 0.433. The Hall–Kier alpha value is -1.59. The van der Waals surface area contributed by atoms with Crippen LogP contribution in [0.15, 0.2) is 29.3 Å². The number of aryl methyl sites for hydroxylation is 1. The van der Waals surface area contributed by atoms with Gasteiger partial charge in [0.15, 0.2) is 5.96 Å². The number of nitrogens with two attached hydrogens (primary N) is 1. The summed E-state index contributed by atoms with van der Waals surface area (Å²) in [7, 11) is 0. The van der Waals surface area contributed by atoms with Gasteiger partial charge in [-0.15, -0.1) is 0 Å². The molecule has 5 heteroatoms. The number of rotatable bonds is 7. The first kappa shape index (κ1) is 18.7. The van der Waals surface area contributed by atoms with Crippen LogP contribution < -0.4 is 11.1 Å². The van der Waals surface area contributed by atoms with Crippen molar-refractivity contribution < 1.29 is 4.74 Å². The number of anilines is 1. The molecule has 0 spiro atoms. The van der Waals surface area contributed by atoms with Gasteiger partial charge in [-0.1, -0.05) is 44.4 Å². The van der Waals surface area contributed by atoms with Crippen LogP contribution in [0.25, 0.3) is 0 Å². The number of morpholine rings is 1. The van der Waals surface area contributed by atoms with E-state index in [4.69, 9.17) is 10.5 Å². The monoisotopic (exact) mass is 332 g/mol. The number of aliphatic imine (C=N–C) groups is 1. The number of ether oxygens (including phenoxy) is 1. The van der Waals surface area contributed by atoms with E-state index in [1.165, 1.54) is 18.4 Å². The number of nitrogens with one attached hydrogen (secondary N) is 1. The van der Waals surface area contributed by atoms with E-state index in [1.54, 1.807) is 0 Å². The van der Waals surface area contributed by atoms with Gasteiger partial charge in [0.1, 0.15) is 0 Å². The van der Waals surface area contributed by atoms with Gasteiger partial charge in [0.25, 0.3) is 0 Å². The number of benzene rings is 1. The third-order valence-corrected chi connectivity index (χ3v) is 4.88. The Kier molecular flexibility index (Phi) is 7.53. The van der Waals surface area contributed by atoms with Crippen molar-refractivity contribution in [1.82, 2.24) is 4.90 Å². The second-order valence-electron chi connectivity index (χ2n) is 6.51. The molecule has 1 unspecified atom stereocenters. The Morgan fingerprint density at radius 3 is 2.42 bits per heavy atom. The first-order valence-electron chi connectivity index (χ1n) is 9.09. The molecule has 0 aliphatic carbocycles. The lowest BCUT2D eigenvalue weighted by Gasteiger charge is -2.38. The van der Waals surface area contributed by atoms with Crippen LogP contribution in [-0.4, -0.2) is 49.7 Å². The maximum atomic E-state index is 6.10. The van der Waals surface area contributed by atoms with Crippen molar-refractivity contribution in [3.8, 4) is 0 Å². The standard InChI is InChI=1S/C19H32N4O/c1-4-16(5-2)18(23-10-12-24-13-11-23)14-21-19(20)22-17-8-6-15(3)7-9-17/h6-9,16,18H,4-5,10-14H2,1-3H3,(H3,20,21,22). The summed E-state index contributed by atoms with van der Waals surface area (Å²) in [4.78, 5) is 7.15. The molecule has 0 radical (unpaired) electrons. The largest absolute Gasteiger partial charge is 0.379 e. The molecule has 2 rings (SSSR count). The Labute approximate surface area is 146 Å². The van der Waals surface area contributed by atoms with Crippen molar-refractivity contribution in [3.05, 3.63) is 29.8 Å². The second kappa shape index (κ2) is 9.64. The van der Waals surface area contributed by atoms with Gasteiger partial charge in [0.05, 0.1) is 19.8 Å². The number of hydrogen-bond donors (Lipinski definition) is 2. The van der Waals surface area contributed by atoms with E-state index in [2.05, 4.69) is 48.1 Å². The highest BCUT2D eigenvalue weighted by Crippen LogP contribution is 2.20. The van der Waals surface area contributed by atoms with Crippen molar-refractivity contribution in [2.24, 2.45) is 16.6 Å². The van der Waals surface area contributed by atoms with Crippen LogP contribution in [0.3, 0.4) is 0 Å². The molecule has 24 heavy (non-hydrogen) atoms. The predicted octanol–water partition coefficient (Wildman–Crippen LogP) is 2.86. The van der Waals surface area contributed by atoms with E-state index in [0.717, 1.165) is 38.5 Å². The van der Waals surface area contributed by atoms with Crippen LogP contribution in [0.1, 0.15) is 32.3 Å². The Bertz CT molecular complexity index is 505. The summed E-state index contributed by atoms with van der Waals surface area (Å²) in [5.74, 6) is 1.13. The highest BCUT2D eigenvalue weighted by molar-refractivity contribution is 5.92. The second-order valence-corrected chi connectivity index (χ2v) is 6.51. The molecule has 5 nitrogen and oxygen atoms in total. The van der Waals surface area contributed by atoms with Crippen LogP contribution in [0.2, 0.25) is 0 Å². The van der Waals surface area contributed by atoms with Gasteiger partial charge >= 0.3 is 0 Å². The van der Waals surface area contributed by atoms with Crippen LogP contribution in [0.5, 0.6) is 0 Å². The average molecular weight is 332 g/mol. The molecular formula is C19H32N4O. The topological polar surface area (TPSA) is 62.9 Å². The lowest BCUT2D eigenvalue weighted by atomic mass is 9.92. The zero-order valence-electron chi connectivity index (χ0n) is 15.3. The van der Waals surface area contributed by atoms with Gasteiger partial charge in [0, 0.05) is 24.8 Å². The number of hydrogen-bond acceptors (Lipinski definition) is 3. The van der Waals surface area contributed by atoms with E-state index in [1.807, 2.05) is 12.1 Å². The van der Waals surface area contributed by atoms with E-state index >= 15 is 0 Å². The molecule has 0 amide bonds. The third kappa shape index (κ3) is 5.49. The van der Waals surface area contributed by atoms with Gasteiger partial charge < -0.3 is 15.8 Å². The minimum absolute atomic E-state index is 0.433. The molecule has 0 bridgehead atoms. The molecule has 1 aromatic carbocycles. The van der Waals surface area contributed by atoms with Crippen LogP contribution in [-0.2, 0) is 4.74 Å². The normalized spacial score (nSPS) is 17.9. The van der Waals surface area contributed by atoms with Gasteiger partial charge in [-0.2, -0.15) is 0 Å². The van der Waals surface area contributed by atoms with Crippen molar-refractivity contribution in [1.29, 1.82) is 0 Å². The molecule has 1 heterocycles. The maximum absolute atomic E-state index is 6.10. The first-order valence-corrected chi connectivity index (χ1v) is 9.09. The van der Waals surface area contributed by atoms with Crippen molar-refractivity contribution >= 4 is 11.6 Å². The fraction of sp³-hybridized carbons (Fsp3) is 0.632. The van der Waals surface area contributed by atoms with Crippen LogP contribution in [0, 0.1) is 12.8 Å². The zero-order valence-corrected chi connectivity index (χ0v) is 15.3. The van der Waals surface area contributed by atoms with E-state index in [0.29, 0.717) is 17.9 Å². The predicted molar refractivity (Wildman–Crippen MR) is 102 cm³/mol. The molecule has 3 N–H and O–H groups in total. The minimum Gasteiger partial charge on any atom is -0.379 e. The molecule has 1 aliphatic heterocycles. The van der Waals surface area contributed by atoms with E-state index in [9.17, 15) is 0 Å². The van der Waals surface area contributed by atoms with Crippen molar-refractivity contribution in [2.45, 2.75) is 39.7 Å². The molecule has 1 aromatic rings. The molecule has 1 aliphatic rings. The van der Waals surface area contributed by atoms with Crippen molar-refractivity contribution in [3.63, 3.8) is 0 Å². The summed E-state index contributed by atoms with van der Waals surface area (Å²) in [6.07, 6.45) is 2.33. The summed E-state index contributed by atoms with van der Waals surface area (Å²) in [6.45, 7) is 10.9. The fourth-order valence-electron chi connectivity index (χ4n) is 3.32. The maximum Gasteiger partial charge on any atom is 0.193 e. The fourth-order valence-corrected chi connectivity index (χ4v) is 3.32. The summed E-state index contributed by atoms with van der Waals surface area (Å²) in [5.41, 5.74) is 8.31. The molecule has 0 saturated carbocycles. The number of nitrogens with zero attached hydrogens (tertiary/aromatic N) is 2. The van der Waals surface area contributed by atoms with Gasteiger partial charge in [-0.3, -0.25) is 9.89 Å². The van der Waals surface area contributed by atoms with E-state index in [-0.39, 0.29) is 0 Å². The summed E-state index contributed by atoms with van der Waals surface area (Å²) in [6, 6.07) is 8.62. The average Bonchev–Trinajstić information content (AvgIpc) is 2.61. The lowest BCUT2D eigenvalue weighted by molar-refractivity contribution is 0.00398. The Morgan fingerprint density at radius 1 is 1.21 bits per heavy atom. The van der Waals surface area contributed by atoms with Gasteiger partial charge in [-0.25, -0.2) is 0 Å². The molecule has 1 fully saturated rings.